The summed E-state index contributed by atoms with van der Waals surface area (Å²) in [4.78, 5) is 4.44. The van der Waals surface area contributed by atoms with E-state index in [-0.39, 0.29) is 0 Å². The minimum Gasteiger partial charge on any atom is -0.383 e. The Morgan fingerprint density at radius 3 is 3.06 bits per heavy atom. The standard InChI is InChI=1S/C12H20N2O2S/c1-15-8-4-13-11(12-14-5-9-17-12)10-2-6-16-7-3-10/h5,9-11,13H,2-4,6-8H2,1H3. The van der Waals surface area contributed by atoms with Gasteiger partial charge in [0.2, 0.25) is 0 Å². The molecule has 1 aromatic heterocycles. The fraction of sp³-hybridized carbons (Fsp3) is 0.750. The van der Waals surface area contributed by atoms with Crippen LogP contribution in [0.25, 0.3) is 0 Å². The van der Waals surface area contributed by atoms with Gasteiger partial charge in [0.05, 0.1) is 12.6 Å². The second-order valence-corrected chi connectivity index (χ2v) is 5.17. The van der Waals surface area contributed by atoms with Crippen LogP contribution >= 0.6 is 11.3 Å². The van der Waals surface area contributed by atoms with E-state index in [0.717, 1.165) is 39.2 Å². The molecule has 0 amide bonds. The van der Waals surface area contributed by atoms with Gasteiger partial charge in [-0.15, -0.1) is 11.3 Å². The number of hydrogen-bond acceptors (Lipinski definition) is 5. The smallest absolute Gasteiger partial charge is 0.110 e. The van der Waals surface area contributed by atoms with Crippen molar-refractivity contribution in [2.75, 3.05) is 33.5 Å². The highest BCUT2D eigenvalue weighted by molar-refractivity contribution is 7.09. The van der Waals surface area contributed by atoms with Crippen molar-refractivity contribution in [1.82, 2.24) is 10.3 Å². The molecular weight excluding hydrogens is 236 g/mol. The van der Waals surface area contributed by atoms with Crippen molar-refractivity contribution in [1.29, 1.82) is 0 Å². The quantitative estimate of drug-likeness (QED) is 0.789. The van der Waals surface area contributed by atoms with Crippen LogP contribution in [-0.4, -0.2) is 38.5 Å². The topological polar surface area (TPSA) is 43.4 Å². The van der Waals surface area contributed by atoms with Gasteiger partial charge in [-0.25, -0.2) is 4.98 Å². The summed E-state index contributed by atoms with van der Waals surface area (Å²) in [5.74, 6) is 0.631. The molecule has 0 spiro atoms. The molecule has 4 nitrogen and oxygen atoms in total. The third kappa shape index (κ3) is 3.74. The zero-order valence-corrected chi connectivity index (χ0v) is 11.0. The summed E-state index contributed by atoms with van der Waals surface area (Å²) in [5, 5.41) is 6.79. The van der Waals surface area contributed by atoms with E-state index in [1.54, 1.807) is 18.4 Å². The molecule has 2 heterocycles. The maximum Gasteiger partial charge on any atom is 0.110 e. The summed E-state index contributed by atoms with van der Waals surface area (Å²) < 4.78 is 10.5. The first-order chi connectivity index (χ1) is 8.42. The molecule has 1 unspecified atom stereocenters. The van der Waals surface area contributed by atoms with Gasteiger partial charge in [0.1, 0.15) is 5.01 Å². The Morgan fingerprint density at radius 2 is 2.41 bits per heavy atom. The zero-order chi connectivity index (χ0) is 11.9. The molecule has 0 radical (unpaired) electrons. The highest BCUT2D eigenvalue weighted by Crippen LogP contribution is 2.30. The van der Waals surface area contributed by atoms with Gasteiger partial charge >= 0.3 is 0 Å². The van der Waals surface area contributed by atoms with Gasteiger partial charge < -0.3 is 14.8 Å². The van der Waals surface area contributed by atoms with E-state index >= 15 is 0 Å². The molecule has 2 rings (SSSR count). The van der Waals surface area contributed by atoms with Gasteiger partial charge in [0, 0.05) is 38.4 Å². The monoisotopic (exact) mass is 256 g/mol. The molecule has 1 aromatic rings. The van der Waals surface area contributed by atoms with Crippen molar-refractivity contribution < 1.29 is 9.47 Å². The van der Waals surface area contributed by atoms with Crippen molar-refractivity contribution in [3.63, 3.8) is 0 Å². The maximum atomic E-state index is 5.42. The van der Waals surface area contributed by atoms with Crippen LogP contribution in [0.4, 0.5) is 0 Å². The third-order valence-corrected chi connectivity index (χ3v) is 3.98. The summed E-state index contributed by atoms with van der Waals surface area (Å²) in [6, 6.07) is 0.356. The van der Waals surface area contributed by atoms with Crippen molar-refractivity contribution in [3.8, 4) is 0 Å². The Labute approximate surface area is 106 Å². The van der Waals surface area contributed by atoms with Gasteiger partial charge in [-0.3, -0.25) is 0 Å². The Kier molecular flexibility index (Phi) is 5.38. The molecule has 1 aliphatic rings. The van der Waals surface area contributed by atoms with Crippen molar-refractivity contribution in [2.45, 2.75) is 18.9 Å². The van der Waals surface area contributed by atoms with Crippen LogP contribution in [0.3, 0.4) is 0 Å². The summed E-state index contributed by atoms with van der Waals surface area (Å²) in [5.41, 5.74) is 0. The van der Waals surface area contributed by atoms with Crippen LogP contribution in [0, 0.1) is 5.92 Å². The predicted octanol–water partition coefficient (Wildman–Crippen LogP) is 1.85. The van der Waals surface area contributed by atoms with Gasteiger partial charge in [0.25, 0.3) is 0 Å². The van der Waals surface area contributed by atoms with E-state index in [1.165, 1.54) is 5.01 Å². The number of methoxy groups -OCH3 is 1. The summed E-state index contributed by atoms with van der Waals surface area (Å²) >= 11 is 1.73. The highest BCUT2D eigenvalue weighted by Gasteiger charge is 2.26. The van der Waals surface area contributed by atoms with Crippen molar-refractivity contribution >= 4 is 11.3 Å². The minimum atomic E-state index is 0.356. The second-order valence-electron chi connectivity index (χ2n) is 4.24. The van der Waals surface area contributed by atoms with Crippen LogP contribution in [0.15, 0.2) is 11.6 Å². The molecule has 1 aliphatic heterocycles. The Bertz CT molecular complexity index is 299. The van der Waals surface area contributed by atoms with Crippen LogP contribution in [-0.2, 0) is 9.47 Å². The van der Waals surface area contributed by atoms with Crippen molar-refractivity contribution in [2.24, 2.45) is 5.92 Å². The first-order valence-corrected chi connectivity index (χ1v) is 6.99. The molecule has 96 valence electrons. The maximum absolute atomic E-state index is 5.42. The molecule has 5 heteroatoms. The number of hydrogen-bond donors (Lipinski definition) is 1. The largest absolute Gasteiger partial charge is 0.383 e. The number of aromatic nitrogens is 1. The van der Waals surface area contributed by atoms with E-state index in [1.807, 2.05) is 11.6 Å². The van der Waals surface area contributed by atoms with Crippen molar-refractivity contribution in [3.05, 3.63) is 16.6 Å². The third-order valence-electron chi connectivity index (χ3n) is 3.13. The Morgan fingerprint density at radius 1 is 1.59 bits per heavy atom. The average Bonchev–Trinajstić information content (AvgIpc) is 2.89. The highest BCUT2D eigenvalue weighted by atomic mass is 32.1. The SMILES string of the molecule is COCCNC(c1nccs1)C1CCOCC1. The lowest BCUT2D eigenvalue weighted by Gasteiger charge is -2.29. The lowest BCUT2D eigenvalue weighted by molar-refractivity contribution is 0.0524. The molecule has 1 atom stereocenters. The molecule has 1 fully saturated rings. The lowest BCUT2D eigenvalue weighted by Crippen LogP contribution is -2.33. The van der Waals surface area contributed by atoms with Crippen LogP contribution in [0.5, 0.6) is 0 Å². The van der Waals surface area contributed by atoms with E-state index in [0.29, 0.717) is 12.0 Å². The van der Waals surface area contributed by atoms with Gasteiger partial charge in [-0.05, 0) is 18.8 Å². The van der Waals surface area contributed by atoms with Gasteiger partial charge in [-0.1, -0.05) is 0 Å². The molecule has 1 saturated heterocycles. The van der Waals surface area contributed by atoms with Crippen LogP contribution < -0.4 is 5.32 Å². The summed E-state index contributed by atoms with van der Waals surface area (Å²) in [7, 11) is 1.73. The number of nitrogens with one attached hydrogen (secondary N) is 1. The molecule has 0 aliphatic carbocycles. The molecule has 1 N–H and O–H groups in total. The van der Waals surface area contributed by atoms with Gasteiger partial charge in [-0.2, -0.15) is 0 Å². The Hall–Kier alpha value is -0.490. The minimum absolute atomic E-state index is 0.356. The first-order valence-electron chi connectivity index (χ1n) is 6.11. The molecule has 0 bridgehead atoms. The number of rotatable bonds is 6. The van der Waals surface area contributed by atoms with E-state index in [2.05, 4.69) is 10.3 Å². The number of ether oxygens (including phenoxy) is 2. The second kappa shape index (κ2) is 7.06. The van der Waals surface area contributed by atoms with Crippen LogP contribution in [0.2, 0.25) is 0 Å². The fourth-order valence-corrected chi connectivity index (χ4v) is 3.01. The molecular formula is C12H20N2O2S. The molecule has 0 aromatic carbocycles. The van der Waals surface area contributed by atoms with E-state index in [4.69, 9.17) is 9.47 Å². The molecule has 17 heavy (non-hydrogen) atoms. The summed E-state index contributed by atoms with van der Waals surface area (Å²) in [6.07, 6.45) is 4.11. The van der Waals surface area contributed by atoms with E-state index in [9.17, 15) is 0 Å². The molecule has 0 saturated carbocycles. The number of thiazole rings is 1. The zero-order valence-electron chi connectivity index (χ0n) is 10.2. The lowest BCUT2D eigenvalue weighted by atomic mass is 9.92. The summed E-state index contributed by atoms with van der Waals surface area (Å²) in [6.45, 7) is 3.36. The van der Waals surface area contributed by atoms with Gasteiger partial charge in [0.15, 0.2) is 0 Å². The predicted molar refractivity (Wildman–Crippen MR) is 68.3 cm³/mol. The fourth-order valence-electron chi connectivity index (χ4n) is 2.21. The first kappa shape index (κ1) is 13.0. The van der Waals surface area contributed by atoms with E-state index < -0.39 is 0 Å². The average molecular weight is 256 g/mol. The van der Waals surface area contributed by atoms with Crippen LogP contribution in [0.1, 0.15) is 23.9 Å². The number of nitrogens with zero attached hydrogens (tertiary/aromatic N) is 1. The normalized spacial score (nSPS) is 19.4. The Balaban J connectivity index is 1.96.